The number of carbonyl (C=O) groups is 3. The van der Waals surface area contributed by atoms with Gasteiger partial charge in [0.2, 0.25) is 0 Å². The number of alkyl carbamates (subject to hydrolysis) is 1. The molecule has 0 heterocycles. The number of nitrogens with one attached hydrogen (secondary N) is 1. The summed E-state index contributed by atoms with van der Waals surface area (Å²) in [6, 6.07) is 5.25. The van der Waals surface area contributed by atoms with Crippen molar-refractivity contribution in [1.29, 1.82) is 0 Å². The van der Waals surface area contributed by atoms with E-state index < -0.39 is 30.7 Å². The third-order valence-electron chi connectivity index (χ3n) is 3.04. The molecule has 8 nitrogen and oxygen atoms in total. The molecule has 1 aromatic carbocycles. The maximum atomic E-state index is 11.8. The first-order valence-electron chi connectivity index (χ1n) is 7.40. The van der Waals surface area contributed by atoms with Crippen LogP contribution in [0.4, 0.5) is 4.79 Å². The average Bonchev–Trinajstić information content (AvgIpc) is 2.60. The van der Waals surface area contributed by atoms with E-state index in [0.29, 0.717) is 17.9 Å². The summed E-state index contributed by atoms with van der Waals surface area (Å²) in [6.07, 6.45) is 0.319. The van der Waals surface area contributed by atoms with Gasteiger partial charge in [-0.2, -0.15) is 0 Å². The molecule has 2 amide bonds. The zero-order chi connectivity index (χ0) is 18.8. The first-order valence-corrected chi connectivity index (χ1v) is 7.40. The second-order valence-corrected chi connectivity index (χ2v) is 4.88. The van der Waals surface area contributed by atoms with Crippen LogP contribution >= 0.6 is 0 Å². The standard InChI is InChI=1S/C17H21NO7/c1-5-6-12-7-8-13(14(9-12)22-3)24-10-15(19)25-11(2)16(20)18-17(21)23-4/h5,7-9,11H,1,6,10H2,2-4H3,(H,18,20,21)/t11-/m0/s1. The predicted octanol–water partition coefficient (Wildman–Crippen LogP) is 1.62. The van der Waals surface area contributed by atoms with Crippen LogP contribution < -0.4 is 14.8 Å². The Morgan fingerprint density at radius 2 is 1.96 bits per heavy atom. The number of hydrogen-bond donors (Lipinski definition) is 1. The Morgan fingerprint density at radius 1 is 1.24 bits per heavy atom. The maximum Gasteiger partial charge on any atom is 0.413 e. The van der Waals surface area contributed by atoms with Crippen LogP contribution in [-0.4, -0.2) is 44.9 Å². The molecule has 1 atom stereocenters. The van der Waals surface area contributed by atoms with E-state index >= 15 is 0 Å². The zero-order valence-corrected chi connectivity index (χ0v) is 14.4. The van der Waals surface area contributed by atoms with Gasteiger partial charge in [0.25, 0.3) is 5.91 Å². The second-order valence-electron chi connectivity index (χ2n) is 4.88. The van der Waals surface area contributed by atoms with E-state index in [1.54, 1.807) is 18.2 Å². The zero-order valence-electron chi connectivity index (χ0n) is 14.4. The highest BCUT2D eigenvalue weighted by molar-refractivity contribution is 5.95. The Balaban J connectivity index is 2.57. The molecule has 136 valence electrons. The Labute approximate surface area is 145 Å². The molecule has 0 aliphatic rings. The molecule has 0 bridgehead atoms. The number of carbonyl (C=O) groups excluding carboxylic acids is 3. The molecule has 0 radical (unpaired) electrons. The molecular formula is C17H21NO7. The number of hydrogen-bond acceptors (Lipinski definition) is 7. The van der Waals surface area contributed by atoms with E-state index in [-0.39, 0.29) is 0 Å². The monoisotopic (exact) mass is 351 g/mol. The minimum Gasteiger partial charge on any atom is -0.493 e. The minimum absolute atomic E-state index is 0.360. The van der Waals surface area contributed by atoms with Gasteiger partial charge in [0, 0.05) is 0 Å². The van der Waals surface area contributed by atoms with E-state index in [0.717, 1.165) is 12.7 Å². The van der Waals surface area contributed by atoms with Crippen molar-refractivity contribution >= 4 is 18.0 Å². The fraction of sp³-hybridized carbons (Fsp3) is 0.353. The Bertz CT molecular complexity index is 642. The van der Waals surface area contributed by atoms with Gasteiger partial charge in [0.05, 0.1) is 14.2 Å². The summed E-state index contributed by atoms with van der Waals surface area (Å²) in [5, 5.41) is 1.90. The number of rotatable bonds is 8. The van der Waals surface area contributed by atoms with Crippen LogP contribution in [-0.2, 0) is 25.5 Å². The molecule has 25 heavy (non-hydrogen) atoms. The minimum atomic E-state index is -1.17. The molecular weight excluding hydrogens is 330 g/mol. The molecule has 0 fully saturated rings. The smallest absolute Gasteiger partial charge is 0.413 e. The van der Waals surface area contributed by atoms with Crippen LogP contribution in [0.3, 0.4) is 0 Å². The summed E-state index contributed by atoms with van der Waals surface area (Å²) in [4.78, 5) is 34.2. The first-order chi connectivity index (χ1) is 11.9. The number of ether oxygens (including phenoxy) is 4. The largest absolute Gasteiger partial charge is 0.493 e. The number of benzene rings is 1. The molecule has 0 aliphatic heterocycles. The Hall–Kier alpha value is -3.03. The molecule has 1 aromatic rings. The van der Waals surface area contributed by atoms with Gasteiger partial charge < -0.3 is 18.9 Å². The molecule has 0 unspecified atom stereocenters. The molecule has 0 saturated carbocycles. The topological polar surface area (TPSA) is 100 Å². The van der Waals surface area contributed by atoms with Crippen LogP contribution in [0.2, 0.25) is 0 Å². The van der Waals surface area contributed by atoms with E-state index in [1.165, 1.54) is 14.0 Å². The highest BCUT2D eigenvalue weighted by Gasteiger charge is 2.20. The van der Waals surface area contributed by atoms with Gasteiger partial charge in [-0.15, -0.1) is 6.58 Å². The summed E-state index contributed by atoms with van der Waals surface area (Å²) in [5.41, 5.74) is 0.981. The van der Waals surface area contributed by atoms with Gasteiger partial charge in [0.15, 0.2) is 24.2 Å². The number of esters is 1. The normalized spacial score (nSPS) is 11.0. The van der Waals surface area contributed by atoms with Crippen LogP contribution in [0, 0.1) is 0 Å². The van der Waals surface area contributed by atoms with E-state index in [2.05, 4.69) is 11.3 Å². The third kappa shape index (κ3) is 6.54. The predicted molar refractivity (Wildman–Crippen MR) is 88.5 cm³/mol. The van der Waals surface area contributed by atoms with E-state index in [4.69, 9.17) is 14.2 Å². The summed E-state index contributed by atoms with van der Waals surface area (Å²) < 4.78 is 19.7. The summed E-state index contributed by atoms with van der Waals surface area (Å²) in [5.74, 6) is -0.751. The lowest BCUT2D eigenvalue weighted by Gasteiger charge is -2.14. The van der Waals surface area contributed by atoms with Crippen LogP contribution in [0.1, 0.15) is 12.5 Å². The van der Waals surface area contributed by atoms with Gasteiger partial charge in [0.1, 0.15) is 0 Å². The van der Waals surface area contributed by atoms with Crippen molar-refractivity contribution in [3.05, 3.63) is 36.4 Å². The van der Waals surface area contributed by atoms with E-state index in [9.17, 15) is 14.4 Å². The average molecular weight is 351 g/mol. The lowest BCUT2D eigenvalue weighted by molar-refractivity contribution is -0.156. The van der Waals surface area contributed by atoms with Gasteiger partial charge in [-0.25, -0.2) is 9.59 Å². The SMILES string of the molecule is C=CCc1ccc(OCC(=O)O[C@@H](C)C(=O)NC(=O)OC)c(OC)c1. The molecule has 0 aromatic heterocycles. The molecule has 8 heteroatoms. The van der Waals surface area contributed by atoms with Crippen molar-refractivity contribution in [2.45, 2.75) is 19.4 Å². The van der Waals surface area contributed by atoms with Crippen LogP contribution in [0.5, 0.6) is 11.5 Å². The lowest BCUT2D eigenvalue weighted by Crippen LogP contribution is -2.40. The quantitative estimate of drug-likeness (QED) is 0.561. The molecule has 0 spiro atoms. The van der Waals surface area contributed by atoms with Crippen molar-refractivity contribution in [2.75, 3.05) is 20.8 Å². The Morgan fingerprint density at radius 3 is 2.56 bits per heavy atom. The number of methoxy groups -OCH3 is 2. The van der Waals surface area contributed by atoms with Gasteiger partial charge >= 0.3 is 12.1 Å². The fourth-order valence-electron chi connectivity index (χ4n) is 1.80. The molecule has 1 rings (SSSR count). The van der Waals surface area contributed by atoms with Crippen LogP contribution in [0.15, 0.2) is 30.9 Å². The van der Waals surface area contributed by atoms with Gasteiger partial charge in [-0.1, -0.05) is 12.1 Å². The van der Waals surface area contributed by atoms with Crippen molar-refractivity contribution in [3.63, 3.8) is 0 Å². The highest BCUT2D eigenvalue weighted by atomic mass is 16.6. The third-order valence-corrected chi connectivity index (χ3v) is 3.04. The number of amides is 2. The fourth-order valence-corrected chi connectivity index (χ4v) is 1.80. The van der Waals surface area contributed by atoms with Crippen molar-refractivity contribution in [1.82, 2.24) is 5.32 Å². The maximum absolute atomic E-state index is 11.8. The molecule has 1 N–H and O–H groups in total. The van der Waals surface area contributed by atoms with Crippen molar-refractivity contribution < 1.29 is 33.3 Å². The first kappa shape index (κ1) is 20.0. The van der Waals surface area contributed by atoms with Gasteiger partial charge in [-0.3, -0.25) is 10.1 Å². The van der Waals surface area contributed by atoms with Crippen molar-refractivity contribution in [3.8, 4) is 11.5 Å². The summed E-state index contributed by atoms with van der Waals surface area (Å²) in [7, 11) is 2.60. The Kier molecular flexibility index (Phi) is 7.98. The number of allylic oxidation sites excluding steroid dienone is 1. The summed E-state index contributed by atoms with van der Waals surface area (Å²) in [6.45, 7) is 4.56. The second kappa shape index (κ2) is 9.96. The van der Waals surface area contributed by atoms with Crippen molar-refractivity contribution in [2.24, 2.45) is 0 Å². The summed E-state index contributed by atoms with van der Waals surface area (Å²) >= 11 is 0. The van der Waals surface area contributed by atoms with Crippen LogP contribution in [0.25, 0.3) is 0 Å². The molecule has 0 saturated heterocycles. The van der Waals surface area contributed by atoms with E-state index in [1.807, 2.05) is 11.4 Å². The van der Waals surface area contributed by atoms with Gasteiger partial charge in [-0.05, 0) is 31.0 Å². The lowest BCUT2D eigenvalue weighted by atomic mass is 10.1. The highest BCUT2D eigenvalue weighted by Crippen LogP contribution is 2.28. The molecule has 0 aliphatic carbocycles. The number of imide groups is 1.